The first-order valence-electron chi connectivity index (χ1n) is 8.19. The first-order chi connectivity index (χ1) is 12.0. The Balaban J connectivity index is 1.59. The lowest BCUT2D eigenvalue weighted by atomic mass is 10.1. The lowest BCUT2D eigenvalue weighted by Gasteiger charge is -2.34. The van der Waals surface area contributed by atoms with E-state index in [1.54, 1.807) is 30.3 Å². The minimum Gasteiger partial charge on any atom is -0.300 e. The fourth-order valence-corrected chi connectivity index (χ4v) is 4.88. The van der Waals surface area contributed by atoms with Gasteiger partial charge in [0.15, 0.2) is 0 Å². The molecule has 2 aromatic rings. The van der Waals surface area contributed by atoms with Gasteiger partial charge >= 0.3 is 0 Å². The molecule has 0 bridgehead atoms. The Morgan fingerprint density at radius 3 is 2.28 bits per heavy atom. The van der Waals surface area contributed by atoms with Gasteiger partial charge in [-0.2, -0.15) is 4.31 Å². The molecule has 0 atom stereocenters. The van der Waals surface area contributed by atoms with Crippen molar-refractivity contribution in [3.63, 3.8) is 0 Å². The number of benzene rings is 2. The van der Waals surface area contributed by atoms with Crippen LogP contribution in [0.5, 0.6) is 0 Å². The third kappa shape index (κ3) is 4.20. The summed E-state index contributed by atoms with van der Waals surface area (Å²) in [5.41, 5.74) is 0.689. The summed E-state index contributed by atoms with van der Waals surface area (Å²) in [6, 6.07) is 13.2. The number of hydrogen-bond donors (Lipinski definition) is 0. The summed E-state index contributed by atoms with van der Waals surface area (Å²) in [6.07, 6.45) is 0.615. The lowest BCUT2D eigenvalue weighted by molar-refractivity contribution is 0.190. The van der Waals surface area contributed by atoms with Gasteiger partial charge < -0.3 is 4.90 Å². The van der Waals surface area contributed by atoms with E-state index in [-0.39, 0.29) is 15.7 Å². The van der Waals surface area contributed by atoms with Crippen LogP contribution in [0.25, 0.3) is 0 Å². The average molecular weight is 383 g/mol. The largest absolute Gasteiger partial charge is 0.300 e. The molecule has 3 rings (SSSR count). The number of rotatable bonds is 5. The van der Waals surface area contributed by atoms with Crippen LogP contribution < -0.4 is 0 Å². The molecule has 1 aliphatic heterocycles. The van der Waals surface area contributed by atoms with Crippen molar-refractivity contribution in [2.45, 2.75) is 11.3 Å². The Bertz CT molecular complexity index is 836. The summed E-state index contributed by atoms with van der Waals surface area (Å²) in [7, 11) is -3.58. The van der Waals surface area contributed by atoms with Crippen LogP contribution in [0.15, 0.2) is 53.4 Å². The second-order valence-electron chi connectivity index (χ2n) is 6.02. The first-order valence-corrected chi connectivity index (χ1v) is 10.0. The van der Waals surface area contributed by atoms with Crippen LogP contribution >= 0.6 is 11.6 Å². The van der Waals surface area contributed by atoms with Crippen LogP contribution in [0, 0.1) is 5.82 Å². The summed E-state index contributed by atoms with van der Waals surface area (Å²) < 4.78 is 40.6. The van der Waals surface area contributed by atoms with Crippen LogP contribution in [-0.4, -0.2) is 50.3 Å². The third-order valence-corrected chi connectivity index (χ3v) is 6.84. The lowest BCUT2D eigenvalue weighted by Crippen LogP contribution is -2.49. The molecule has 1 saturated heterocycles. The molecule has 1 heterocycles. The monoisotopic (exact) mass is 382 g/mol. The van der Waals surface area contributed by atoms with E-state index in [1.165, 1.54) is 16.4 Å². The molecule has 0 spiro atoms. The molecule has 1 fully saturated rings. The van der Waals surface area contributed by atoms with Crippen molar-refractivity contribution in [1.29, 1.82) is 0 Å². The molecule has 0 aliphatic carbocycles. The minimum absolute atomic E-state index is 0.150. The van der Waals surface area contributed by atoms with Gasteiger partial charge in [-0.25, -0.2) is 12.8 Å². The maximum absolute atomic E-state index is 13.7. The maximum Gasteiger partial charge on any atom is 0.244 e. The summed E-state index contributed by atoms with van der Waals surface area (Å²) in [6.45, 7) is 2.77. The molecular formula is C18H20ClFN2O2S. The fraction of sp³-hybridized carbons (Fsp3) is 0.333. The summed E-state index contributed by atoms with van der Waals surface area (Å²) >= 11 is 6.04. The molecule has 1 aliphatic rings. The van der Waals surface area contributed by atoms with Crippen molar-refractivity contribution in [2.75, 3.05) is 32.7 Å². The molecule has 0 saturated carbocycles. The highest BCUT2D eigenvalue weighted by atomic mass is 35.5. The standard InChI is InChI=1S/C18H20ClFN2O2S/c19-16-6-2-4-8-18(16)25(23,24)22-13-11-21(12-14-22)10-9-15-5-1-3-7-17(15)20/h1-8H,9-14H2. The predicted molar refractivity (Wildman–Crippen MR) is 96.8 cm³/mol. The Labute approximate surface area is 152 Å². The second kappa shape index (κ2) is 7.83. The Morgan fingerprint density at radius 1 is 0.960 bits per heavy atom. The predicted octanol–water partition coefficient (Wildman–Crippen LogP) is 3.03. The van der Waals surface area contributed by atoms with Gasteiger partial charge in [0.2, 0.25) is 10.0 Å². The van der Waals surface area contributed by atoms with E-state index < -0.39 is 10.0 Å². The first kappa shape index (κ1) is 18.3. The van der Waals surface area contributed by atoms with Gasteiger partial charge in [0, 0.05) is 32.7 Å². The van der Waals surface area contributed by atoms with Gasteiger partial charge in [0.25, 0.3) is 0 Å². The molecule has 0 N–H and O–H groups in total. The SMILES string of the molecule is O=S(=O)(c1ccccc1Cl)N1CCN(CCc2ccccc2F)CC1. The van der Waals surface area contributed by atoms with Crippen molar-refractivity contribution in [3.05, 3.63) is 64.9 Å². The summed E-state index contributed by atoms with van der Waals surface area (Å²) in [5.74, 6) is -0.192. The van der Waals surface area contributed by atoms with E-state index in [9.17, 15) is 12.8 Å². The summed E-state index contributed by atoms with van der Waals surface area (Å²) in [4.78, 5) is 2.31. The van der Waals surface area contributed by atoms with Crippen molar-refractivity contribution in [2.24, 2.45) is 0 Å². The van der Waals surface area contributed by atoms with Gasteiger partial charge in [-0.1, -0.05) is 41.9 Å². The number of sulfonamides is 1. The number of hydrogen-bond acceptors (Lipinski definition) is 3. The van der Waals surface area contributed by atoms with E-state index >= 15 is 0 Å². The molecule has 134 valence electrons. The summed E-state index contributed by atoms with van der Waals surface area (Å²) in [5, 5.41) is 0.240. The average Bonchev–Trinajstić information content (AvgIpc) is 2.61. The highest BCUT2D eigenvalue weighted by molar-refractivity contribution is 7.89. The molecule has 0 aromatic heterocycles. The molecule has 0 unspecified atom stereocenters. The van der Waals surface area contributed by atoms with Crippen molar-refractivity contribution < 1.29 is 12.8 Å². The Hall–Kier alpha value is -1.47. The Kier molecular flexibility index (Phi) is 5.74. The van der Waals surface area contributed by atoms with Gasteiger partial charge in [-0.15, -0.1) is 0 Å². The van der Waals surface area contributed by atoms with Crippen molar-refractivity contribution in [1.82, 2.24) is 9.21 Å². The number of nitrogens with zero attached hydrogens (tertiary/aromatic N) is 2. The van der Waals surface area contributed by atoms with Gasteiger partial charge in [-0.05, 0) is 30.2 Å². The van der Waals surface area contributed by atoms with E-state index in [0.717, 1.165) is 0 Å². The van der Waals surface area contributed by atoms with E-state index in [0.29, 0.717) is 44.7 Å². The van der Waals surface area contributed by atoms with Crippen LogP contribution in [0.4, 0.5) is 4.39 Å². The van der Waals surface area contributed by atoms with Crippen LogP contribution in [0.1, 0.15) is 5.56 Å². The van der Waals surface area contributed by atoms with E-state index in [1.807, 2.05) is 6.07 Å². The van der Waals surface area contributed by atoms with Crippen molar-refractivity contribution >= 4 is 21.6 Å². The van der Waals surface area contributed by atoms with E-state index in [4.69, 9.17) is 11.6 Å². The molecule has 25 heavy (non-hydrogen) atoms. The second-order valence-corrected chi connectivity index (χ2v) is 8.33. The molecule has 0 radical (unpaired) electrons. The molecule has 0 amide bonds. The zero-order valence-corrected chi connectivity index (χ0v) is 15.3. The minimum atomic E-state index is -3.58. The highest BCUT2D eigenvalue weighted by Gasteiger charge is 2.29. The van der Waals surface area contributed by atoms with Crippen LogP contribution in [0.2, 0.25) is 5.02 Å². The quantitative estimate of drug-likeness (QED) is 0.798. The molecule has 7 heteroatoms. The van der Waals surface area contributed by atoms with Crippen molar-refractivity contribution in [3.8, 4) is 0 Å². The topological polar surface area (TPSA) is 40.6 Å². The number of halogens is 2. The van der Waals surface area contributed by atoms with Crippen LogP contribution in [-0.2, 0) is 16.4 Å². The van der Waals surface area contributed by atoms with E-state index in [2.05, 4.69) is 4.90 Å². The normalized spacial score (nSPS) is 16.9. The van der Waals surface area contributed by atoms with Gasteiger partial charge in [0.05, 0.1) is 5.02 Å². The third-order valence-electron chi connectivity index (χ3n) is 4.44. The van der Waals surface area contributed by atoms with Gasteiger partial charge in [0.1, 0.15) is 10.7 Å². The Morgan fingerprint density at radius 2 is 1.60 bits per heavy atom. The fourth-order valence-electron chi connectivity index (χ4n) is 2.97. The maximum atomic E-state index is 13.7. The highest BCUT2D eigenvalue weighted by Crippen LogP contribution is 2.25. The zero-order chi connectivity index (χ0) is 17.9. The zero-order valence-electron chi connectivity index (χ0n) is 13.7. The number of piperazine rings is 1. The van der Waals surface area contributed by atoms with Crippen LogP contribution in [0.3, 0.4) is 0 Å². The van der Waals surface area contributed by atoms with Gasteiger partial charge in [-0.3, -0.25) is 0 Å². The molecular weight excluding hydrogens is 363 g/mol. The smallest absolute Gasteiger partial charge is 0.244 e. The molecule has 4 nitrogen and oxygen atoms in total. The molecule has 2 aromatic carbocycles.